The molecule has 1 aromatic carbocycles. The number of hydrogen-bond donors (Lipinski definition) is 0. The first-order valence-corrected chi connectivity index (χ1v) is 7.06. The van der Waals surface area contributed by atoms with E-state index in [4.69, 9.17) is 0 Å². The van der Waals surface area contributed by atoms with Crippen LogP contribution in [0.25, 0.3) is 0 Å². The van der Waals surface area contributed by atoms with Crippen molar-refractivity contribution in [2.24, 2.45) is 11.8 Å². The first-order valence-electron chi connectivity index (χ1n) is 7.06. The Balaban J connectivity index is 2.66. The van der Waals surface area contributed by atoms with Crippen molar-refractivity contribution in [1.82, 2.24) is 0 Å². The molecule has 10 nitrogen and oxygen atoms in total. The fourth-order valence-corrected chi connectivity index (χ4v) is 3.14. The molecule has 0 aliphatic carbocycles. The maximum Gasteiger partial charge on any atom is 0.306 e. The largest absolute Gasteiger partial charge is 0.360 e. The Bertz CT molecular complexity index is 631. The quantitative estimate of drug-likeness (QED) is 0.614. The van der Waals surface area contributed by atoms with Gasteiger partial charge in [0.2, 0.25) is 0 Å². The van der Waals surface area contributed by atoms with E-state index in [1.165, 1.54) is 0 Å². The summed E-state index contributed by atoms with van der Waals surface area (Å²) in [5.41, 5.74) is -2.02. The van der Waals surface area contributed by atoms with Crippen molar-refractivity contribution in [3.63, 3.8) is 0 Å². The van der Waals surface area contributed by atoms with E-state index < -0.39 is 31.8 Å². The molecule has 0 unspecified atom stereocenters. The molecule has 23 heavy (non-hydrogen) atoms. The zero-order chi connectivity index (χ0) is 17.3. The normalized spacial score (nSPS) is 21.0. The summed E-state index contributed by atoms with van der Waals surface area (Å²) in [6.45, 7) is 4.80. The van der Waals surface area contributed by atoms with Crippen LogP contribution in [0.1, 0.15) is 20.3 Å². The minimum atomic E-state index is -0.870. The Morgan fingerprint density at radius 3 is 1.70 bits per heavy atom. The number of nitro groups is 3. The summed E-state index contributed by atoms with van der Waals surface area (Å²) in [6, 6.07) is 1.57. The minimum absolute atomic E-state index is 0.149. The molecule has 0 saturated carbocycles. The number of anilines is 1. The molecular weight excluding hydrogens is 308 g/mol. The minimum Gasteiger partial charge on any atom is -0.360 e. The lowest BCUT2D eigenvalue weighted by Gasteiger charge is -2.35. The Kier molecular flexibility index (Phi) is 4.43. The van der Waals surface area contributed by atoms with Crippen molar-refractivity contribution in [1.29, 1.82) is 0 Å². The van der Waals surface area contributed by atoms with Crippen LogP contribution in [0.3, 0.4) is 0 Å². The standard InChI is InChI=1S/C13H16N4O6/c1-8-3-9(2)7-14(6-8)13-11(16(20)21)4-10(15(18)19)5-12(13)17(22)23/h4-5,8-9H,3,6-7H2,1-2H3/t8-,9+. The Hall–Kier alpha value is -2.78. The van der Waals surface area contributed by atoms with Gasteiger partial charge in [0.25, 0.3) is 5.69 Å². The number of piperidine rings is 1. The van der Waals surface area contributed by atoms with Crippen LogP contribution in [0.4, 0.5) is 22.7 Å². The average Bonchev–Trinajstić information content (AvgIpc) is 2.44. The first-order chi connectivity index (χ1) is 10.7. The van der Waals surface area contributed by atoms with E-state index in [0.29, 0.717) is 13.1 Å². The van der Waals surface area contributed by atoms with Gasteiger partial charge in [-0.3, -0.25) is 30.3 Å². The molecular formula is C13H16N4O6. The van der Waals surface area contributed by atoms with Gasteiger partial charge in [0.05, 0.1) is 26.9 Å². The monoisotopic (exact) mass is 324 g/mol. The highest BCUT2D eigenvalue weighted by molar-refractivity contribution is 5.78. The molecule has 2 rings (SSSR count). The maximum absolute atomic E-state index is 11.3. The molecule has 1 fully saturated rings. The van der Waals surface area contributed by atoms with Gasteiger partial charge in [-0.15, -0.1) is 0 Å². The molecule has 1 aliphatic heterocycles. The topological polar surface area (TPSA) is 133 Å². The predicted molar refractivity (Wildman–Crippen MR) is 81.6 cm³/mol. The third-order valence-corrected chi connectivity index (χ3v) is 3.84. The number of benzene rings is 1. The van der Waals surface area contributed by atoms with Gasteiger partial charge in [-0.05, 0) is 18.3 Å². The smallest absolute Gasteiger partial charge is 0.306 e. The van der Waals surface area contributed by atoms with Crippen LogP contribution in [0.5, 0.6) is 0 Å². The van der Waals surface area contributed by atoms with Crippen molar-refractivity contribution in [3.8, 4) is 0 Å². The second-order valence-corrected chi connectivity index (χ2v) is 5.95. The first kappa shape index (κ1) is 16.6. The van der Waals surface area contributed by atoms with Gasteiger partial charge in [-0.1, -0.05) is 13.8 Å². The predicted octanol–water partition coefficient (Wildman–Crippen LogP) is 2.89. The van der Waals surface area contributed by atoms with Crippen LogP contribution >= 0.6 is 0 Å². The second kappa shape index (κ2) is 6.15. The average molecular weight is 324 g/mol. The van der Waals surface area contributed by atoms with Gasteiger partial charge in [0, 0.05) is 13.1 Å². The van der Waals surface area contributed by atoms with Crippen LogP contribution in [0.15, 0.2) is 12.1 Å². The molecule has 10 heteroatoms. The van der Waals surface area contributed by atoms with Crippen LogP contribution in [-0.2, 0) is 0 Å². The SMILES string of the molecule is C[C@@H]1C[C@H](C)CN(c2c([N+](=O)[O-])cc([N+](=O)[O-])cc2[N+](=O)[O-])C1. The number of nitro benzene ring substituents is 3. The molecule has 0 N–H and O–H groups in total. The van der Waals surface area contributed by atoms with E-state index in [9.17, 15) is 30.3 Å². The maximum atomic E-state index is 11.3. The lowest BCUT2D eigenvalue weighted by Crippen LogP contribution is -2.39. The van der Waals surface area contributed by atoms with Gasteiger partial charge < -0.3 is 4.90 Å². The molecule has 0 bridgehead atoms. The van der Waals surface area contributed by atoms with Gasteiger partial charge in [-0.25, -0.2) is 0 Å². The molecule has 1 heterocycles. The summed E-state index contributed by atoms with van der Waals surface area (Å²) in [6.07, 6.45) is 0.922. The van der Waals surface area contributed by atoms with E-state index >= 15 is 0 Å². The summed E-state index contributed by atoms with van der Waals surface area (Å²) in [5, 5.41) is 33.5. The number of non-ortho nitro benzene ring substituents is 1. The summed E-state index contributed by atoms with van der Waals surface area (Å²) < 4.78 is 0. The van der Waals surface area contributed by atoms with E-state index in [1.807, 2.05) is 13.8 Å². The fourth-order valence-electron chi connectivity index (χ4n) is 3.14. The van der Waals surface area contributed by atoms with Crippen LogP contribution in [0.2, 0.25) is 0 Å². The van der Waals surface area contributed by atoms with E-state index in [-0.39, 0.29) is 17.5 Å². The highest BCUT2D eigenvalue weighted by Gasteiger charge is 2.36. The van der Waals surface area contributed by atoms with E-state index in [1.54, 1.807) is 4.90 Å². The number of nitrogens with zero attached hydrogens (tertiary/aromatic N) is 4. The van der Waals surface area contributed by atoms with Crippen LogP contribution in [-0.4, -0.2) is 27.9 Å². The van der Waals surface area contributed by atoms with Crippen molar-refractivity contribution < 1.29 is 14.8 Å². The summed E-state index contributed by atoms with van der Waals surface area (Å²) in [7, 11) is 0. The van der Waals surface area contributed by atoms with Crippen molar-refractivity contribution >= 4 is 22.7 Å². The third-order valence-electron chi connectivity index (χ3n) is 3.84. The van der Waals surface area contributed by atoms with Crippen molar-refractivity contribution in [2.45, 2.75) is 20.3 Å². The molecule has 124 valence electrons. The molecule has 1 aromatic rings. The molecule has 1 aliphatic rings. The summed E-state index contributed by atoms with van der Waals surface area (Å²) in [4.78, 5) is 32.6. The van der Waals surface area contributed by atoms with E-state index in [2.05, 4.69) is 0 Å². The Morgan fingerprint density at radius 2 is 1.35 bits per heavy atom. The molecule has 0 spiro atoms. The molecule has 0 aromatic heterocycles. The van der Waals surface area contributed by atoms with Crippen LogP contribution in [0, 0.1) is 42.2 Å². The van der Waals surface area contributed by atoms with E-state index in [0.717, 1.165) is 18.6 Å². The number of hydrogen-bond acceptors (Lipinski definition) is 7. The van der Waals surface area contributed by atoms with Crippen LogP contribution < -0.4 is 4.90 Å². The highest BCUT2D eigenvalue weighted by atomic mass is 16.6. The van der Waals surface area contributed by atoms with Gasteiger partial charge >= 0.3 is 11.4 Å². The summed E-state index contributed by atoms with van der Waals surface area (Å²) >= 11 is 0. The fraction of sp³-hybridized carbons (Fsp3) is 0.538. The van der Waals surface area contributed by atoms with Crippen molar-refractivity contribution in [3.05, 3.63) is 42.5 Å². The zero-order valence-corrected chi connectivity index (χ0v) is 12.7. The van der Waals surface area contributed by atoms with Gasteiger partial charge in [0.1, 0.15) is 0 Å². The highest BCUT2D eigenvalue weighted by Crippen LogP contribution is 2.42. The number of rotatable bonds is 4. The lowest BCUT2D eigenvalue weighted by molar-refractivity contribution is -0.402. The summed E-state index contributed by atoms with van der Waals surface area (Å²) in [5.74, 6) is 0.432. The van der Waals surface area contributed by atoms with Gasteiger partial charge in [-0.2, -0.15) is 0 Å². The molecule has 2 atom stereocenters. The molecule has 0 amide bonds. The molecule has 0 radical (unpaired) electrons. The van der Waals surface area contributed by atoms with Crippen molar-refractivity contribution in [2.75, 3.05) is 18.0 Å². The van der Waals surface area contributed by atoms with Gasteiger partial charge in [0.15, 0.2) is 5.69 Å². The zero-order valence-electron chi connectivity index (χ0n) is 12.7. The Labute approximate surface area is 131 Å². The lowest BCUT2D eigenvalue weighted by atomic mass is 9.91. The second-order valence-electron chi connectivity index (χ2n) is 5.95. The Morgan fingerprint density at radius 1 is 0.913 bits per heavy atom. The molecule has 1 saturated heterocycles. The third kappa shape index (κ3) is 3.35.